The highest BCUT2D eigenvalue weighted by molar-refractivity contribution is 9.10. The van der Waals surface area contributed by atoms with Gasteiger partial charge in [-0.1, -0.05) is 45.4 Å². The molecule has 1 aromatic carbocycles. The first-order valence-corrected chi connectivity index (χ1v) is 8.25. The van der Waals surface area contributed by atoms with Crippen LogP contribution >= 0.6 is 15.9 Å². The van der Waals surface area contributed by atoms with E-state index >= 15 is 0 Å². The summed E-state index contributed by atoms with van der Waals surface area (Å²) in [6, 6.07) is 10.8. The van der Waals surface area contributed by atoms with E-state index in [1.807, 2.05) is 6.07 Å². The molecule has 0 saturated carbocycles. The predicted octanol–water partition coefficient (Wildman–Crippen LogP) is 5.08. The van der Waals surface area contributed by atoms with Crippen LogP contribution < -0.4 is 5.32 Å². The second-order valence-corrected chi connectivity index (χ2v) is 6.20. The van der Waals surface area contributed by atoms with Crippen molar-refractivity contribution in [1.29, 1.82) is 0 Å². The molecule has 2 rings (SSSR count). The van der Waals surface area contributed by atoms with Crippen LogP contribution in [-0.4, -0.2) is 11.5 Å². The molecule has 2 aromatic rings. The number of hydrogen-bond acceptors (Lipinski definition) is 2. The molecular formula is C17H23BrN2. The van der Waals surface area contributed by atoms with Gasteiger partial charge in [0.2, 0.25) is 0 Å². The molecule has 1 aromatic heterocycles. The van der Waals surface area contributed by atoms with Gasteiger partial charge in [-0.3, -0.25) is 0 Å². The average molecular weight is 335 g/mol. The van der Waals surface area contributed by atoms with E-state index in [1.165, 1.54) is 18.2 Å². The van der Waals surface area contributed by atoms with Gasteiger partial charge in [0.05, 0.1) is 17.3 Å². The van der Waals surface area contributed by atoms with Crippen molar-refractivity contribution in [3.63, 3.8) is 0 Å². The van der Waals surface area contributed by atoms with Crippen LogP contribution in [0.4, 0.5) is 0 Å². The highest BCUT2D eigenvalue weighted by atomic mass is 79.9. The number of fused-ring (bicyclic) bond motifs is 1. The fourth-order valence-electron chi connectivity index (χ4n) is 2.73. The van der Waals surface area contributed by atoms with Crippen LogP contribution in [-0.2, 0) is 0 Å². The van der Waals surface area contributed by atoms with E-state index in [4.69, 9.17) is 4.98 Å². The van der Waals surface area contributed by atoms with E-state index in [-0.39, 0.29) is 0 Å². The summed E-state index contributed by atoms with van der Waals surface area (Å²) in [7, 11) is 0. The molecule has 0 radical (unpaired) electrons. The van der Waals surface area contributed by atoms with E-state index in [1.54, 1.807) is 0 Å². The molecule has 1 heterocycles. The minimum Gasteiger partial charge on any atom is -0.309 e. The van der Waals surface area contributed by atoms with E-state index in [0.29, 0.717) is 12.0 Å². The number of benzene rings is 1. The van der Waals surface area contributed by atoms with Crippen LogP contribution in [0.1, 0.15) is 45.3 Å². The van der Waals surface area contributed by atoms with Gasteiger partial charge >= 0.3 is 0 Å². The molecule has 0 saturated heterocycles. The Morgan fingerprint density at radius 2 is 2.00 bits per heavy atom. The van der Waals surface area contributed by atoms with Crippen LogP contribution in [0.25, 0.3) is 10.9 Å². The van der Waals surface area contributed by atoms with Crippen molar-refractivity contribution in [1.82, 2.24) is 10.3 Å². The number of rotatable bonds is 6. The zero-order valence-electron chi connectivity index (χ0n) is 12.5. The Hall–Kier alpha value is -0.930. The van der Waals surface area contributed by atoms with Crippen molar-refractivity contribution in [2.24, 2.45) is 5.92 Å². The quantitative estimate of drug-likeness (QED) is 0.796. The molecule has 0 fully saturated rings. The van der Waals surface area contributed by atoms with Crippen molar-refractivity contribution in [2.75, 3.05) is 6.54 Å². The third-order valence-electron chi connectivity index (χ3n) is 3.74. The second-order valence-electron chi connectivity index (χ2n) is 5.35. The van der Waals surface area contributed by atoms with E-state index in [0.717, 1.165) is 22.2 Å². The molecule has 2 unspecified atom stereocenters. The number of halogens is 1. The summed E-state index contributed by atoms with van der Waals surface area (Å²) >= 11 is 3.70. The molecule has 0 aliphatic rings. The summed E-state index contributed by atoms with van der Waals surface area (Å²) < 4.78 is 1.10. The molecule has 0 aliphatic carbocycles. The Morgan fingerprint density at radius 3 is 2.70 bits per heavy atom. The van der Waals surface area contributed by atoms with Gasteiger partial charge in [0, 0.05) is 9.86 Å². The first-order valence-electron chi connectivity index (χ1n) is 7.45. The number of para-hydroxylation sites is 1. The van der Waals surface area contributed by atoms with Gasteiger partial charge in [0.15, 0.2) is 0 Å². The highest BCUT2D eigenvalue weighted by Crippen LogP contribution is 2.31. The van der Waals surface area contributed by atoms with Crippen LogP contribution in [0.15, 0.2) is 34.8 Å². The van der Waals surface area contributed by atoms with E-state index < -0.39 is 0 Å². The Balaban J connectivity index is 2.43. The smallest absolute Gasteiger partial charge is 0.0725 e. The maximum atomic E-state index is 4.89. The molecular weight excluding hydrogens is 312 g/mol. The molecule has 2 atom stereocenters. The monoisotopic (exact) mass is 334 g/mol. The fraction of sp³-hybridized carbons (Fsp3) is 0.471. The Morgan fingerprint density at radius 1 is 1.25 bits per heavy atom. The predicted molar refractivity (Wildman–Crippen MR) is 89.9 cm³/mol. The van der Waals surface area contributed by atoms with Crippen LogP contribution in [0.2, 0.25) is 0 Å². The maximum absolute atomic E-state index is 4.89. The lowest BCUT2D eigenvalue weighted by Gasteiger charge is -2.25. The van der Waals surface area contributed by atoms with Crippen molar-refractivity contribution < 1.29 is 0 Å². The zero-order valence-corrected chi connectivity index (χ0v) is 14.1. The molecule has 1 N–H and O–H groups in total. The molecule has 20 heavy (non-hydrogen) atoms. The van der Waals surface area contributed by atoms with E-state index in [9.17, 15) is 0 Å². The second kappa shape index (κ2) is 7.19. The SMILES string of the molecule is CCCC(C)C(NCC)c1nc2ccccc2cc1Br. The number of pyridine rings is 1. The topological polar surface area (TPSA) is 24.9 Å². The van der Waals surface area contributed by atoms with Gasteiger partial charge in [-0.25, -0.2) is 4.98 Å². The van der Waals surface area contributed by atoms with Crippen LogP contribution in [0.5, 0.6) is 0 Å². The average Bonchev–Trinajstić information content (AvgIpc) is 2.44. The summed E-state index contributed by atoms with van der Waals surface area (Å²) in [6.07, 6.45) is 2.41. The number of aromatic nitrogens is 1. The number of hydrogen-bond donors (Lipinski definition) is 1. The fourth-order valence-corrected chi connectivity index (χ4v) is 3.31. The summed E-state index contributed by atoms with van der Waals surface area (Å²) in [5.41, 5.74) is 2.20. The van der Waals surface area contributed by atoms with Crippen molar-refractivity contribution >= 4 is 26.8 Å². The maximum Gasteiger partial charge on any atom is 0.0725 e. The number of nitrogens with zero attached hydrogens (tertiary/aromatic N) is 1. The minimum atomic E-state index is 0.305. The molecule has 0 spiro atoms. The van der Waals surface area contributed by atoms with Gasteiger partial charge in [0.25, 0.3) is 0 Å². The molecule has 108 valence electrons. The number of nitrogens with one attached hydrogen (secondary N) is 1. The molecule has 0 bridgehead atoms. The van der Waals surface area contributed by atoms with Gasteiger partial charge in [0.1, 0.15) is 0 Å². The Bertz CT molecular complexity index is 568. The Kier molecular flexibility index (Phi) is 5.55. The lowest BCUT2D eigenvalue weighted by molar-refractivity contribution is 0.362. The summed E-state index contributed by atoms with van der Waals surface area (Å²) in [5, 5.41) is 4.78. The molecule has 2 nitrogen and oxygen atoms in total. The third kappa shape index (κ3) is 3.39. The zero-order chi connectivity index (χ0) is 14.5. The standard InChI is InChI=1S/C17H23BrN2/c1-4-8-12(3)16(19-5-2)17-14(18)11-13-9-6-7-10-15(13)20-17/h6-7,9-12,16,19H,4-5,8H2,1-3H3. The normalized spacial score (nSPS) is 14.4. The molecule has 3 heteroatoms. The van der Waals surface area contributed by atoms with E-state index in [2.05, 4.69) is 66.3 Å². The highest BCUT2D eigenvalue weighted by Gasteiger charge is 2.21. The van der Waals surface area contributed by atoms with Gasteiger partial charge < -0.3 is 5.32 Å². The first-order chi connectivity index (χ1) is 9.67. The van der Waals surface area contributed by atoms with Gasteiger partial charge in [-0.2, -0.15) is 0 Å². The van der Waals surface area contributed by atoms with Crippen molar-refractivity contribution in [3.05, 3.63) is 40.5 Å². The summed E-state index contributed by atoms with van der Waals surface area (Å²) in [6.45, 7) is 7.66. The first kappa shape index (κ1) is 15.5. The lowest BCUT2D eigenvalue weighted by atomic mass is 9.93. The van der Waals surface area contributed by atoms with Gasteiger partial charge in [-0.15, -0.1) is 0 Å². The van der Waals surface area contributed by atoms with Gasteiger partial charge in [-0.05, 0) is 46.9 Å². The van der Waals surface area contributed by atoms with Crippen molar-refractivity contribution in [3.8, 4) is 0 Å². The largest absolute Gasteiger partial charge is 0.309 e. The van der Waals surface area contributed by atoms with Crippen molar-refractivity contribution in [2.45, 2.75) is 39.7 Å². The molecule has 0 aliphatic heterocycles. The summed E-state index contributed by atoms with van der Waals surface area (Å²) in [5.74, 6) is 0.574. The summed E-state index contributed by atoms with van der Waals surface area (Å²) in [4.78, 5) is 4.89. The lowest BCUT2D eigenvalue weighted by Crippen LogP contribution is -2.28. The molecule has 0 amide bonds. The Labute approximate surface area is 130 Å². The van der Waals surface area contributed by atoms with Crippen LogP contribution in [0, 0.1) is 5.92 Å². The van der Waals surface area contributed by atoms with Crippen LogP contribution in [0.3, 0.4) is 0 Å². The third-order valence-corrected chi connectivity index (χ3v) is 4.37. The minimum absolute atomic E-state index is 0.305.